The Morgan fingerprint density at radius 3 is 2.44 bits per heavy atom. The minimum atomic E-state index is -4.25. The molecule has 2 amide bonds. The number of aromatic nitrogens is 3. The predicted molar refractivity (Wildman–Crippen MR) is 152 cm³/mol. The third-order valence-electron chi connectivity index (χ3n) is 7.32. The van der Waals surface area contributed by atoms with Gasteiger partial charge in [0.1, 0.15) is 17.3 Å². The fraction of sp³-hybridized carbons (Fsp3) is 0.250. The number of ether oxygens (including phenoxy) is 1. The van der Waals surface area contributed by atoms with Gasteiger partial charge in [0.2, 0.25) is 10.0 Å². The molecule has 4 heterocycles. The summed E-state index contributed by atoms with van der Waals surface area (Å²) in [6.07, 6.45) is 1.85. The van der Waals surface area contributed by atoms with Gasteiger partial charge in [-0.25, -0.2) is 17.2 Å². The number of benzene rings is 2. The second-order valence-corrected chi connectivity index (χ2v) is 12.0. The number of fused-ring (bicyclic) bond motifs is 1. The van der Waals surface area contributed by atoms with E-state index in [1.165, 1.54) is 0 Å². The lowest BCUT2D eigenvalue weighted by Gasteiger charge is -2.29. The summed E-state index contributed by atoms with van der Waals surface area (Å²) in [5, 5.41) is 12.6. The molecule has 43 heavy (non-hydrogen) atoms. The Hall–Kier alpha value is -4.60. The average molecular weight is 612 g/mol. The van der Waals surface area contributed by atoms with Crippen LogP contribution in [0.25, 0.3) is 0 Å². The molecule has 1 saturated heterocycles. The molecule has 0 bridgehead atoms. The van der Waals surface area contributed by atoms with Gasteiger partial charge in [0.25, 0.3) is 11.8 Å². The normalized spacial score (nSPS) is 15.6. The number of aromatic amines is 2. The Balaban J connectivity index is 1.26. The molecule has 4 aromatic rings. The Labute approximate surface area is 245 Å². The molecule has 0 radical (unpaired) electrons. The van der Waals surface area contributed by atoms with E-state index >= 15 is 0 Å². The first-order valence-electron chi connectivity index (χ1n) is 13.4. The highest BCUT2D eigenvalue weighted by molar-refractivity contribution is 7.89. The van der Waals surface area contributed by atoms with Gasteiger partial charge < -0.3 is 25.3 Å². The number of halogens is 2. The van der Waals surface area contributed by atoms with Crippen molar-refractivity contribution < 1.29 is 31.5 Å². The van der Waals surface area contributed by atoms with E-state index in [9.17, 15) is 26.8 Å². The van der Waals surface area contributed by atoms with E-state index in [1.54, 1.807) is 36.5 Å². The molecule has 0 saturated carbocycles. The number of anilines is 3. The van der Waals surface area contributed by atoms with E-state index in [-0.39, 0.29) is 36.6 Å². The Morgan fingerprint density at radius 2 is 1.72 bits per heavy atom. The molecule has 2 aliphatic heterocycles. The summed E-state index contributed by atoms with van der Waals surface area (Å²) >= 11 is 0. The van der Waals surface area contributed by atoms with Crippen molar-refractivity contribution >= 4 is 39.0 Å². The van der Waals surface area contributed by atoms with Gasteiger partial charge >= 0.3 is 0 Å². The zero-order valence-corrected chi connectivity index (χ0v) is 23.5. The van der Waals surface area contributed by atoms with E-state index in [1.807, 2.05) is 0 Å². The molecule has 0 aliphatic carbocycles. The monoisotopic (exact) mass is 611 g/mol. The van der Waals surface area contributed by atoms with Crippen LogP contribution < -0.4 is 15.5 Å². The molecular formula is C28H27F2N7O5S. The first-order chi connectivity index (χ1) is 20.7. The molecular weight excluding hydrogens is 584 g/mol. The second-order valence-electron chi connectivity index (χ2n) is 10.0. The van der Waals surface area contributed by atoms with Crippen molar-refractivity contribution in [2.24, 2.45) is 0 Å². The number of nitrogens with zero attached hydrogens (tertiary/aromatic N) is 3. The van der Waals surface area contributed by atoms with Gasteiger partial charge in [-0.05, 0) is 42.5 Å². The quantitative estimate of drug-likeness (QED) is 0.251. The van der Waals surface area contributed by atoms with Gasteiger partial charge in [0.05, 0.1) is 29.4 Å². The van der Waals surface area contributed by atoms with Crippen molar-refractivity contribution in [1.29, 1.82) is 0 Å². The molecule has 224 valence electrons. The van der Waals surface area contributed by atoms with Crippen LogP contribution in [0.5, 0.6) is 0 Å². The van der Waals surface area contributed by atoms with Crippen molar-refractivity contribution in [3.63, 3.8) is 0 Å². The van der Waals surface area contributed by atoms with Gasteiger partial charge in [-0.3, -0.25) is 14.7 Å². The fourth-order valence-electron chi connectivity index (χ4n) is 5.09. The van der Waals surface area contributed by atoms with Crippen LogP contribution in [-0.2, 0) is 27.7 Å². The van der Waals surface area contributed by atoms with E-state index < -0.39 is 38.4 Å². The first kappa shape index (κ1) is 28.5. The molecule has 15 heteroatoms. The zero-order valence-electron chi connectivity index (χ0n) is 22.7. The number of hydrogen-bond acceptors (Lipinski definition) is 7. The van der Waals surface area contributed by atoms with E-state index in [4.69, 9.17) is 4.74 Å². The standard InChI is InChI=1S/C28H27F2N7O5S/c29-17-12-18(30)14-20(13-17)43(40,41)37-7-5-23-22(16-37)26(35-34-23)33-27(38)21-4-3-19(36-8-10-42-11-9-36)15-25(21)32-28(39)24-2-1-6-31-24/h1-4,6,12-15,31H,5,7-11,16H2,(H,32,39)(H2,33,34,35,38). The van der Waals surface area contributed by atoms with Gasteiger partial charge in [-0.2, -0.15) is 9.40 Å². The number of H-pyrrole nitrogens is 2. The van der Waals surface area contributed by atoms with Crippen LogP contribution >= 0.6 is 0 Å². The van der Waals surface area contributed by atoms with Crippen LogP contribution in [0.3, 0.4) is 0 Å². The number of morpholine rings is 1. The number of carbonyl (C=O) groups is 2. The highest BCUT2D eigenvalue weighted by Gasteiger charge is 2.32. The lowest BCUT2D eigenvalue weighted by Crippen LogP contribution is -2.36. The molecule has 1 fully saturated rings. The van der Waals surface area contributed by atoms with Gasteiger partial charge in [-0.15, -0.1) is 0 Å². The summed E-state index contributed by atoms with van der Waals surface area (Å²) in [7, 11) is -4.25. The SMILES string of the molecule is O=C(Nc1cc(N2CCOCC2)ccc1C(=O)Nc1n[nH]c2c1CN(S(=O)(=O)c1cc(F)cc(F)c1)CC2)c1ccc[nH]1. The fourth-order valence-corrected chi connectivity index (χ4v) is 6.55. The molecule has 0 unspecified atom stereocenters. The highest BCUT2D eigenvalue weighted by Crippen LogP contribution is 2.31. The minimum absolute atomic E-state index is 0.0426. The Morgan fingerprint density at radius 1 is 0.953 bits per heavy atom. The van der Waals surface area contributed by atoms with Crippen LogP contribution in [-0.4, -0.2) is 72.6 Å². The number of nitrogens with one attached hydrogen (secondary N) is 4. The van der Waals surface area contributed by atoms with Crippen LogP contribution in [0.4, 0.5) is 26.0 Å². The third-order valence-corrected chi connectivity index (χ3v) is 9.14. The van der Waals surface area contributed by atoms with Gasteiger partial charge in [0, 0.05) is 61.8 Å². The van der Waals surface area contributed by atoms with Gasteiger partial charge in [0.15, 0.2) is 5.82 Å². The summed E-state index contributed by atoms with van der Waals surface area (Å²) in [5.74, 6) is -2.94. The summed E-state index contributed by atoms with van der Waals surface area (Å²) in [6.45, 7) is 2.26. The Bertz CT molecular complexity index is 1770. The summed E-state index contributed by atoms with van der Waals surface area (Å²) < 4.78 is 60.5. The maximum Gasteiger partial charge on any atom is 0.272 e. The Kier molecular flexibility index (Phi) is 7.68. The number of amides is 2. The number of sulfonamides is 1. The topological polar surface area (TPSA) is 153 Å². The van der Waals surface area contributed by atoms with Crippen molar-refractivity contribution in [3.05, 3.63) is 88.9 Å². The van der Waals surface area contributed by atoms with E-state index in [2.05, 4.69) is 30.7 Å². The third kappa shape index (κ3) is 5.86. The molecule has 0 spiro atoms. The smallest absolute Gasteiger partial charge is 0.272 e. The molecule has 2 aromatic heterocycles. The number of carbonyl (C=O) groups excluding carboxylic acids is 2. The largest absolute Gasteiger partial charge is 0.378 e. The number of hydrogen-bond donors (Lipinski definition) is 4. The van der Waals surface area contributed by atoms with Crippen LogP contribution in [0.15, 0.2) is 59.6 Å². The summed E-state index contributed by atoms with van der Waals surface area (Å²) in [5.41, 5.74) is 2.57. The lowest BCUT2D eigenvalue weighted by atomic mass is 10.1. The molecule has 0 atom stereocenters. The predicted octanol–water partition coefficient (Wildman–Crippen LogP) is 3.10. The second kappa shape index (κ2) is 11.6. The first-order valence-corrected chi connectivity index (χ1v) is 14.9. The van der Waals surface area contributed by atoms with Crippen molar-refractivity contribution in [1.82, 2.24) is 19.5 Å². The molecule has 2 aliphatic rings. The highest BCUT2D eigenvalue weighted by atomic mass is 32.2. The number of rotatable bonds is 7. The van der Waals surface area contributed by atoms with Crippen molar-refractivity contribution in [2.75, 3.05) is 48.4 Å². The summed E-state index contributed by atoms with van der Waals surface area (Å²) in [6, 6.07) is 10.5. The van der Waals surface area contributed by atoms with Crippen molar-refractivity contribution in [3.8, 4) is 0 Å². The maximum absolute atomic E-state index is 13.8. The zero-order chi connectivity index (χ0) is 30.1. The maximum atomic E-state index is 13.8. The average Bonchev–Trinajstić information content (AvgIpc) is 3.68. The van der Waals surface area contributed by atoms with Crippen molar-refractivity contribution in [2.45, 2.75) is 17.9 Å². The van der Waals surface area contributed by atoms with Gasteiger partial charge in [-0.1, -0.05) is 0 Å². The van der Waals surface area contributed by atoms with Crippen LogP contribution in [0, 0.1) is 11.6 Å². The van der Waals surface area contributed by atoms with E-state index in [0.29, 0.717) is 49.3 Å². The van der Waals surface area contributed by atoms with Crippen LogP contribution in [0.1, 0.15) is 32.1 Å². The minimum Gasteiger partial charge on any atom is -0.378 e. The molecule has 6 rings (SSSR count). The van der Waals surface area contributed by atoms with E-state index in [0.717, 1.165) is 22.1 Å². The molecule has 2 aromatic carbocycles. The molecule has 4 N–H and O–H groups in total. The lowest BCUT2D eigenvalue weighted by molar-refractivity contribution is 0.102. The van der Waals surface area contributed by atoms with Crippen LogP contribution in [0.2, 0.25) is 0 Å². The summed E-state index contributed by atoms with van der Waals surface area (Å²) in [4.78, 5) is 30.9. The molecule has 12 nitrogen and oxygen atoms in total.